The number of anilines is 1. The van der Waals surface area contributed by atoms with E-state index in [0.29, 0.717) is 15.1 Å². The molecule has 1 aromatic carbocycles. The molecule has 0 saturated heterocycles. The molecule has 0 unspecified atom stereocenters. The Morgan fingerprint density at radius 1 is 1.22 bits per heavy atom. The summed E-state index contributed by atoms with van der Waals surface area (Å²) in [7, 11) is -1.75. The predicted molar refractivity (Wildman–Crippen MR) is 91.4 cm³/mol. The number of para-hydroxylation sites is 1. The lowest BCUT2D eigenvalue weighted by molar-refractivity contribution is 0.603. The van der Waals surface area contributed by atoms with Gasteiger partial charge in [0.25, 0.3) is 10.0 Å². The molecular formula is C14H14N4O2S3. The van der Waals surface area contributed by atoms with Gasteiger partial charge >= 0.3 is 0 Å². The highest BCUT2D eigenvalue weighted by molar-refractivity contribution is 7.99. The maximum Gasteiger partial charge on any atom is 0.271 e. The molecule has 0 radical (unpaired) electrons. The largest absolute Gasteiger partial charge is 0.311 e. The fourth-order valence-corrected chi connectivity index (χ4v) is 5.13. The van der Waals surface area contributed by atoms with Crippen molar-refractivity contribution in [1.29, 1.82) is 0 Å². The Kier molecular flexibility index (Phi) is 4.42. The molecule has 2 heterocycles. The van der Waals surface area contributed by atoms with E-state index in [9.17, 15) is 8.42 Å². The fraction of sp³-hybridized carbons (Fsp3) is 0.143. The van der Waals surface area contributed by atoms with Crippen LogP contribution in [0.3, 0.4) is 0 Å². The summed E-state index contributed by atoms with van der Waals surface area (Å²) < 4.78 is 29.7. The molecule has 0 aliphatic carbocycles. The average molecular weight is 366 g/mol. The highest BCUT2D eigenvalue weighted by Crippen LogP contribution is 2.33. The molecule has 9 heteroatoms. The van der Waals surface area contributed by atoms with Crippen LogP contribution in [-0.4, -0.2) is 23.2 Å². The molecule has 0 aliphatic rings. The fourth-order valence-electron chi connectivity index (χ4n) is 1.85. The van der Waals surface area contributed by atoms with Gasteiger partial charge in [-0.25, -0.2) is 8.42 Å². The van der Waals surface area contributed by atoms with Crippen LogP contribution < -0.4 is 4.72 Å². The van der Waals surface area contributed by atoms with Crippen LogP contribution in [0.15, 0.2) is 57.0 Å². The number of hydrogen-bond acceptors (Lipinski definition) is 6. The number of aromatic nitrogens is 3. The normalized spacial score (nSPS) is 11.6. The molecule has 0 saturated carbocycles. The maximum absolute atomic E-state index is 12.5. The van der Waals surface area contributed by atoms with Gasteiger partial charge in [0.15, 0.2) is 5.16 Å². The average Bonchev–Trinajstić information content (AvgIpc) is 3.11. The van der Waals surface area contributed by atoms with Crippen molar-refractivity contribution in [3.8, 4) is 0 Å². The Labute approximate surface area is 142 Å². The van der Waals surface area contributed by atoms with E-state index in [4.69, 9.17) is 0 Å². The topological polar surface area (TPSA) is 76.9 Å². The Balaban J connectivity index is 1.90. The van der Waals surface area contributed by atoms with Crippen molar-refractivity contribution >= 4 is 38.8 Å². The van der Waals surface area contributed by atoms with Crippen LogP contribution >= 0.6 is 23.1 Å². The zero-order chi connectivity index (χ0) is 16.4. The minimum atomic E-state index is -3.59. The summed E-state index contributed by atoms with van der Waals surface area (Å²) in [5, 5.41) is 8.52. The van der Waals surface area contributed by atoms with Crippen LogP contribution in [0.4, 0.5) is 5.69 Å². The summed E-state index contributed by atoms with van der Waals surface area (Å²) in [6.45, 7) is 1.88. The second-order valence-corrected chi connectivity index (χ2v) is 9.00. The lowest BCUT2D eigenvalue weighted by Gasteiger charge is -2.10. The van der Waals surface area contributed by atoms with Crippen LogP contribution in [-0.2, 0) is 17.1 Å². The molecule has 23 heavy (non-hydrogen) atoms. The first-order valence-corrected chi connectivity index (χ1v) is 9.77. The summed E-state index contributed by atoms with van der Waals surface area (Å²) in [5.41, 5.74) is 0.520. The van der Waals surface area contributed by atoms with Crippen molar-refractivity contribution in [2.75, 3.05) is 4.72 Å². The van der Waals surface area contributed by atoms with Crippen LogP contribution in [0.2, 0.25) is 0 Å². The summed E-state index contributed by atoms with van der Waals surface area (Å²) in [5.74, 6) is 0. The summed E-state index contributed by atoms with van der Waals surface area (Å²) in [6, 6.07) is 10.6. The third-order valence-corrected chi connectivity index (χ3v) is 6.97. The molecule has 0 bridgehead atoms. The number of aryl methyl sites for hydroxylation is 2. The van der Waals surface area contributed by atoms with E-state index in [2.05, 4.69) is 14.9 Å². The smallest absolute Gasteiger partial charge is 0.271 e. The second-order valence-electron chi connectivity index (χ2n) is 4.79. The van der Waals surface area contributed by atoms with Gasteiger partial charge in [-0.1, -0.05) is 12.1 Å². The first-order chi connectivity index (χ1) is 11.0. The van der Waals surface area contributed by atoms with Gasteiger partial charge < -0.3 is 4.57 Å². The number of thiophene rings is 1. The Morgan fingerprint density at radius 3 is 2.65 bits per heavy atom. The van der Waals surface area contributed by atoms with Crippen molar-refractivity contribution in [3.63, 3.8) is 0 Å². The van der Waals surface area contributed by atoms with E-state index >= 15 is 0 Å². The lowest BCUT2D eigenvalue weighted by atomic mass is 10.3. The zero-order valence-electron chi connectivity index (χ0n) is 12.4. The monoisotopic (exact) mass is 366 g/mol. The molecule has 0 atom stereocenters. The first-order valence-electron chi connectivity index (χ1n) is 6.66. The van der Waals surface area contributed by atoms with E-state index < -0.39 is 10.0 Å². The van der Waals surface area contributed by atoms with Crippen LogP contribution in [0, 0.1) is 6.92 Å². The minimum absolute atomic E-state index is 0.300. The molecule has 0 spiro atoms. The van der Waals surface area contributed by atoms with Crippen molar-refractivity contribution in [1.82, 2.24) is 14.8 Å². The predicted octanol–water partition coefficient (Wildman–Crippen LogP) is 3.14. The second kappa shape index (κ2) is 6.34. The summed E-state index contributed by atoms with van der Waals surface area (Å²) in [6.07, 6.45) is 1.60. The first kappa shape index (κ1) is 16.0. The van der Waals surface area contributed by atoms with Crippen molar-refractivity contribution in [2.24, 2.45) is 7.05 Å². The number of sulfonamides is 1. The van der Waals surface area contributed by atoms with Gasteiger partial charge in [0.1, 0.15) is 10.5 Å². The number of hydrogen-bond donors (Lipinski definition) is 1. The summed E-state index contributed by atoms with van der Waals surface area (Å²) >= 11 is 2.60. The molecule has 3 aromatic rings. The van der Waals surface area contributed by atoms with E-state index in [1.54, 1.807) is 35.2 Å². The third kappa shape index (κ3) is 3.57. The van der Waals surface area contributed by atoms with Crippen LogP contribution in [0.25, 0.3) is 0 Å². The van der Waals surface area contributed by atoms with Crippen molar-refractivity contribution < 1.29 is 8.42 Å². The number of nitrogens with one attached hydrogen (secondary N) is 1. The van der Waals surface area contributed by atoms with Gasteiger partial charge in [0.05, 0.1) is 5.69 Å². The molecule has 0 aliphatic heterocycles. The van der Waals surface area contributed by atoms with Gasteiger partial charge in [-0.3, -0.25) is 4.72 Å². The standard InChI is InChI=1S/C14H14N4O2S3/c1-10-7-8-13(21-10)23(19,20)17-11-5-3-4-6-12(11)22-14-16-15-9-18(14)2/h3-9,17H,1-2H3. The molecule has 2 aromatic heterocycles. The van der Waals surface area contributed by atoms with E-state index in [-0.39, 0.29) is 0 Å². The number of nitrogens with zero attached hydrogens (tertiary/aromatic N) is 3. The van der Waals surface area contributed by atoms with Gasteiger partial charge in [0, 0.05) is 16.8 Å². The number of rotatable bonds is 5. The van der Waals surface area contributed by atoms with E-state index in [1.807, 2.05) is 26.1 Å². The Morgan fingerprint density at radius 2 is 2.00 bits per heavy atom. The Hall–Kier alpha value is -1.84. The van der Waals surface area contributed by atoms with Gasteiger partial charge in [0.2, 0.25) is 0 Å². The van der Waals surface area contributed by atoms with Crippen molar-refractivity contribution in [3.05, 3.63) is 47.6 Å². The highest BCUT2D eigenvalue weighted by atomic mass is 32.2. The molecule has 1 N–H and O–H groups in total. The number of benzene rings is 1. The molecule has 3 rings (SSSR count). The zero-order valence-corrected chi connectivity index (χ0v) is 14.9. The van der Waals surface area contributed by atoms with Gasteiger partial charge in [-0.2, -0.15) is 0 Å². The molecule has 0 amide bonds. The van der Waals surface area contributed by atoms with E-state index in [0.717, 1.165) is 9.77 Å². The molecule has 120 valence electrons. The quantitative estimate of drug-likeness (QED) is 0.751. The van der Waals surface area contributed by atoms with E-state index in [1.165, 1.54) is 23.1 Å². The van der Waals surface area contributed by atoms with Crippen LogP contribution in [0.1, 0.15) is 4.88 Å². The molecular weight excluding hydrogens is 352 g/mol. The van der Waals surface area contributed by atoms with Crippen molar-refractivity contribution in [2.45, 2.75) is 21.2 Å². The molecule has 0 fully saturated rings. The van der Waals surface area contributed by atoms with Gasteiger partial charge in [-0.15, -0.1) is 21.5 Å². The molecule has 6 nitrogen and oxygen atoms in total. The third-order valence-electron chi connectivity index (χ3n) is 2.98. The van der Waals surface area contributed by atoms with Crippen LogP contribution in [0.5, 0.6) is 0 Å². The highest BCUT2D eigenvalue weighted by Gasteiger charge is 2.18. The minimum Gasteiger partial charge on any atom is -0.311 e. The van der Waals surface area contributed by atoms with Gasteiger partial charge in [-0.05, 0) is 43.0 Å². The maximum atomic E-state index is 12.5. The SMILES string of the molecule is Cc1ccc(S(=O)(=O)Nc2ccccc2Sc2nncn2C)s1. The lowest BCUT2D eigenvalue weighted by Crippen LogP contribution is -2.12. The summed E-state index contributed by atoms with van der Waals surface area (Å²) in [4.78, 5) is 1.72. The Bertz CT molecular complexity index is 931.